The van der Waals surface area contributed by atoms with Crippen molar-refractivity contribution in [3.8, 4) is 11.5 Å². The molecule has 0 radical (unpaired) electrons. The van der Waals surface area contributed by atoms with E-state index in [1.165, 1.54) is 11.3 Å². The third-order valence-electron chi connectivity index (χ3n) is 7.30. The van der Waals surface area contributed by atoms with Gasteiger partial charge in [-0.2, -0.15) is 0 Å². The minimum absolute atomic E-state index is 0.0217. The zero-order valence-corrected chi connectivity index (χ0v) is 23.4. The van der Waals surface area contributed by atoms with E-state index in [1.54, 1.807) is 36.2 Å². The van der Waals surface area contributed by atoms with Crippen LogP contribution in [0.25, 0.3) is 0 Å². The lowest BCUT2D eigenvalue weighted by molar-refractivity contribution is -0.139. The fraction of sp³-hybridized carbons (Fsp3) is 0.310. The van der Waals surface area contributed by atoms with Crippen LogP contribution in [-0.4, -0.2) is 53.3 Å². The summed E-state index contributed by atoms with van der Waals surface area (Å²) < 4.78 is 5.77. The summed E-state index contributed by atoms with van der Waals surface area (Å²) in [6.07, 6.45) is 1.49. The Kier molecular flexibility index (Phi) is 7.67. The first-order valence-corrected chi connectivity index (χ1v) is 14.1. The van der Waals surface area contributed by atoms with E-state index in [4.69, 9.17) is 17.0 Å². The number of thiocarbonyl (C=S) groups is 1. The van der Waals surface area contributed by atoms with Gasteiger partial charge in [-0.05, 0) is 60.7 Å². The highest BCUT2D eigenvalue weighted by Crippen LogP contribution is 2.59. The minimum atomic E-state index is -0.551. The molecule has 0 bridgehead atoms. The van der Waals surface area contributed by atoms with Gasteiger partial charge in [-0.15, -0.1) is 11.3 Å². The van der Waals surface area contributed by atoms with Crippen LogP contribution in [0, 0.1) is 5.41 Å². The fourth-order valence-corrected chi connectivity index (χ4v) is 6.04. The summed E-state index contributed by atoms with van der Waals surface area (Å²) >= 11 is 6.79. The molecule has 3 amide bonds. The lowest BCUT2D eigenvalue weighted by Crippen LogP contribution is -2.50. The number of benzene rings is 2. The molecule has 2 aromatic carbocycles. The summed E-state index contributed by atoms with van der Waals surface area (Å²) in [6, 6.07) is 17.5. The normalized spacial score (nSPS) is 21.0. The van der Waals surface area contributed by atoms with Crippen LogP contribution in [-0.2, 0) is 16.1 Å². The van der Waals surface area contributed by atoms with Gasteiger partial charge in [0.1, 0.15) is 22.5 Å². The van der Waals surface area contributed by atoms with Crippen LogP contribution in [0.3, 0.4) is 0 Å². The van der Waals surface area contributed by atoms with E-state index in [0.717, 1.165) is 16.9 Å². The summed E-state index contributed by atoms with van der Waals surface area (Å²) in [5, 5.41) is 10.6. The highest BCUT2D eigenvalue weighted by atomic mass is 32.1. The number of hydrogen-bond donors (Lipinski definition) is 3. The number of nitrogens with one attached hydrogen (secondary N) is 3. The van der Waals surface area contributed by atoms with E-state index < -0.39 is 6.04 Å². The van der Waals surface area contributed by atoms with Crippen molar-refractivity contribution in [1.29, 1.82) is 0 Å². The predicted octanol–water partition coefficient (Wildman–Crippen LogP) is 3.86. The Labute approximate surface area is 236 Å². The SMILES string of the molecule is CNC(=S)c1csc(CNC(=O)[C@@H]2C[C@]3(C)C[C@@H]3N2C(=O)CNC(=O)c2ccc(Oc3ccccc3)cc2)c1. The Bertz CT molecular complexity index is 1390. The largest absolute Gasteiger partial charge is 0.457 e. The van der Waals surface area contributed by atoms with Gasteiger partial charge in [0, 0.05) is 34.5 Å². The number of rotatable bonds is 9. The van der Waals surface area contributed by atoms with Crippen molar-refractivity contribution in [1.82, 2.24) is 20.9 Å². The minimum Gasteiger partial charge on any atom is -0.457 e. The zero-order valence-electron chi connectivity index (χ0n) is 21.7. The summed E-state index contributed by atoms with van der Waals surface area (Å²) in [6.45, 7) is 2.30. The van der Waals surface area contributed by atoms with Crippen molar-refractivity contribution in [2.75, 3.05) is 13.6 Å². The Morgan fingerprint density at radius 3 is 2.46 bits per heavy atom. The smallest absolute Gasteiger partial charge is 0.251 e. The molecule has 1 saturated heterocycles. The second-order valence-corrected chi connectivity index (χ2v) is 11.5. The molecule has 1 aromatic heterocycles. The number of piperidine rings is 1. The molecule has 3 N–H and O–H groups in total. The van der Waals surface area contributed by atoms with Crippen LogP contribution in [0.15, 0.2) is 66.0 Å². The van der Waals surface area contributed by atoms with Crippen LogP contribution >= 0.6 is 23.6 Å². The van der Waals surface area contributed by atoms with E-state index in [9.17, 15) is 14.4 Å². The molecule has 2 heterocycles. The molecule has 1 saturated carbocycles. The van der Waals surface area contributed by atoms with Crippen molar-refractivity contribution < 1.29 is 19.1 Å². The Morgan fingerprint density at radius 1 is 1.03 bits per heavy atom. The molecular weight excluding hydrogens is 532 g/mol. The number of likely N-dealkylation sites (tertiary alicyclic amines) is 1. The van der Waals surface area contributed by atoms with E-state index in [1.807, 2.05) is 41.8 Å². The molecule has 202 valence electrons. The van der Waals surface area contributed by atoms with E-state index in [0.29, 0.717) is 35.0 Å². The number of thiophene rings is 1. The van der Waals surface area contributed by atoms with Gasteiger partial charge in [0.15, 0.2) is 0 Å². The van der Waals surface area contributed by atoms with Crippen LogP contribution in [0.2, 0.25) is 0 Å². The molecule has 2 fully saturated rings. The van der Waals surface area contributed by atoms with E-state index >= 15 is 0 Å². The number of hydrogen-bond acceptors (Lipinski definition) is 6. The lowest BCUT2D eigenvalue weighted by atomic mass is 10.0. The van der Waals surface area contributed by atoms with Gasteiger partial charge in [-0.25, -0.2) is 0 Å². The number of carbonyl (C=O) groups excluding carboxylic acids is 3. The molecule has 0 unspecified atom stereocenters. The zero-order chi connectivity index (χ0) is 27.6. The highest BCUT2D eigenvalue weighted by Gasteiger charge is 2.64. The lowest BCUT2D eigenvalue weighted by Gasteiger charge is -2.27. The third-order valence-corrected chi connectivity index (χ3v) is 8.68. The molecule has 1 aliphatic heterocycles. The molecule has 10 heteroatoms. The average Bonchev–Trinajstić information content (AvgIpc) is 3.26. The molecule has 8 nitrogen and oxygen atoms in total. The van der Waals surface area contributed by atoms with Crippen LogP contribution in [0.4, 0.5) is 0 Å². The molecule has 1 aliphatic carbocycles. The van der Waals surface area contributed by atoms with Crippen molar-refractivity contribution in [2.45, 2.75) is 38.4 Å². The van der Waals surface area contributed by atoms with Crippen molar-refractivity contribution in [3.05, 3.63) is 82.0 Å². The molecule has 5 rings (SSSR count). The summed E-state index contributed by atoms with van der Waals surface area (Å²) in [4.78, 5) is 42.4. The maximum absolute atomic E-state index is 13.2. The maximum Gasteiger partial charge on any atom is 0.251 e. The predicted molar refractivity (Wildman–Crippen MR) is 154 cm³/mol. The van der Waals surface area contributed by atoms with Gasteiger partial charge >= 0.3 is 0 Å². The van der Waals surface area contributed by atoms with Gasteiger partial charge in [-0.3, -0.25) is 14.4 Å². The Morgan fingerprint density at radius 2 is 1.74 bits per heavy atom. The highest BCUT2D eigenvalue weighted by molar-refractivity contribution is 7.80. The number of nitrogens with zero attached hydrogens (tertiary/aromatic N) is 1. The number of fused-ring (bicyclic) bond motifs is 1. The van der Waals surface area contributed by atoms with Crippen LogP contribution < -0.4 is 20.7 Å². The Balaban J connectivity index is 1.15. The van der Waals surface area contributed by atoms with Gasteiger partial charge in [-0.1, -0.05) is 37.3 Å². The quantitative estimate of drug-likeness (QED) is 0.343. The van der Waals surface area contributed by atoms with E-state index in [-0.39, 0.29) is 35.7 Å². The topological polar surface area (TPSA) is 99.8 Å². The van der Waals surface area contributed by atoms with Crippen molar-refractivity contribution in [2.24, 2.45) is 5.41 Å². The summed E-state index contributed by atoms with van der Waals surface area (Å²) in [5.74, 6) is 0.520. The number of carbonyl (C=O) groups is 3. The number of para-hydroxylation sites is 1. The molecular formula is C29H30N4O4S2. The summed E-state index contributed by atoms with van der Waals surface area (Å²) in [5.41, 5.74) is 1.29. The monoisotopic (exact) mass is 562 g/mol. The van der Waals surface area contributed by atoms with Crippen LogP contribution in [0.1, 0.15) is 40.6 Å². The fourth-order valence-electron chi connectivity index (χ4n) is 5.04. The van der Waals surface area contributed by atoms with Gasteiger partial charge < -0.3 is 25.6 Å². The maximum atomic E-state index is 13.2. The van der Waals surface area contributed by atoms with Crippen LogP contribution in [0.5, 0.6) is 11.5 Å². The van der Waals surface area contributed by atoms with E-state index in [2.05, 4.69) is 22.9 Å². The van der Waals surface area contributed by atoms with Gasteiger partial charge in [0.25, 0.3) is 5.91 Å². The van der Waals surface area contributed by atoms with Crippen molar-refractivity contribution in [3.63, 3.8) is 0 Å². The second-order valence-electron chi connectivity index (χ2n) is 10.1. The molecule has 0 spiro atoms. The first-order chi connectivity index (χ1) is 18.8. The van der Waals surface area contributed by atoms with Gasteiger partial charge in [0.2, 0.25) is 11.8 Å². The second kappa shape index (κ2) is 11.2. The standard InChI is InChI=1S/C29H30N4O4S2/c1-29-13-23(27(36)31-15-22-12-19(17-39-22)28(38)30-2)33(24(29)14-29)25(34)16-32-26(35)18-8-10-21(11-9-18)37-20-6-4-3-5-7-20/h3-12,17,23-24H,13-16H2,1-2H3,(H,30,38)(H,31,36)(H,32,35)/t23-,24-,29+/m0/s1. The van der Waals surface area contributed by atoms with Crippen molar-refractivity contribution >= 4 is 46.3 Å². The molecule has 3 aromatic rings. The molecule has 3 atom stereocenters. The first kappa shape index (κ1) is 26.8. The molecule has 2 aliphatic rings. The third kappa shape index (κ3) is 5.97. The number of ether oxygens (including phenoxy) is 1. The Hall–Kier alpha value is -3.76. The average molecular weight is 563 g/mol. The number of amides is 3. The van der Waals surface area contributed by atoms with Gasteiger partial charge in [0.05, 0.1) is 13.1 Å². The molecule has 39 heavy (non-hydrogen) atoms. The summed E-state index contributed by atoms with van der Waals surface area (Å²) in [7, 11) is 1.78. The first-order valence-electron chi connectivity index (χ1n) is 12.8.